The number of rotatable bonds is 5. The molecule has 0 saturated heterocycles. The zero-order chi connectivity index (χ0) is 27.1. The first-order valence-corrected chi connectivity index (χ1v) is 11.1. The van der Waals surface area contributed by atoms with E-state index < -0.39 is 46.8 Å². The monoisotopic (exact) mass is 537 g/mol. The Hall–Kier alpha value is -3.99. The molecule has 0 fully saturated rings. The number of alkyl halides is 3. The SMILES string of the molecule is CC(=O)NCc1cc(NC(=O)c2cc(F)cc(C(F)(F)F)c2)c2c(c1)C(=O)NC2c1cc(F)ccc1Cl. The summed E-state index contributed by atoms with van der Waals surface area (Å²) in [4.78, 5) is 37.2. The summed E-state index contributed by atoms with van der Waals surface area (Å²) in [5.74, 6) is -3.97. The normalized spacial score (nSPS) is 14.7. The molecular formula is C25H17ClF5N3O3. The van der Waals surface area contributed by atoms with Crippen LogP contribution in [0.2, 0.25) is 5.02 Å². The molecule has 0 bridgehead atoms. The Morgan fingerprint density at radius 2 is 1.76 bits per heavy atom. The van der Waals surface area contributed by atoms with Crippen LogP contribution in [0.1, 0.15) is 55.9 Å². The molecule has 0 radical (unpaired) electrons. The smallest absolute Gasteiger partial charge is 0.352 e. The quantitative estimate of drug-likeness (QED) is 0.383. The van der Waals surface area contributed by atoms with Crippen molar-refractivity contribution in [2.45, 2.75) is 25.7 Å². The van der Waals surface area contributed by atoms with Crippen LogP contribution in [0.4, 0.5) is 27.6 Å². The number of benzene rings is 3. The number of fused-ring (bicyclic) bond motifs is 1. The Morgan fingerprint density at radius 1 is 1.03 bits per heavy atom. The lowest BCUT2D eigenvalue weighted by molar-refractivity contribution is -0.137. The number of hydrogen-bond acceptors (Lipinski definition) is 3. The summed E-state index contributed by atoms with van der Waals surface area (Å²) in [5.41, 5.74) is -1.22. The summed E-state index contributed by atoms with van der Waals surface area (Å²) >= 11 is 6.24. The van der Waals surface area contributed by atoms with Crippen LogP contribution in [0.15, 0.2) is 48.5 Å². The van der Waals surface area contributed by atoms with Gasteiger partial charge in [0.2, 0.25) is 5.91 Å². The molecule has 37 heavy (non-hydrogen) atoms. The van der Waals surface area contributed by atoms with E-state index in [-0.39, 0.29) is 45.9 Å². The number of amides is 3. The highest BCUT2D eigenvalue weighted by Crippen LogP contribution is 2.40. The molecule has 3 aromatic rings. The highest BCUT2D eigenvalue weighted by molar-refractivity contribution is 6.31. The van der Waals surface area contributed by atoms with E-state index in [0.29, 0.717) is 17.7 Å². The van der Waals surface area contributed by atoms with Crippen LogP contribution in [0, 0.1) is 11.6 Å². The fourth-order valence-electron chi connectivity index (χ4n) is 3.97. The zero-order valence-electron chi connectivity index (χ0n) is 18.9. The summed E-state index contributed by atoms with van der Waals surface area (Å²) in [6.45, 7) is 1.23. The fraction of sp³-hybridized carbons (Fsp3) is 0.160. The standard InChI is InChI=1S/C25H17ClF5N3O3/c1-11(35)32-10-12-4-18-21(22(34-24(18)37)17-9-15(27)2-3-19(17)26)20(5-12)33-23(36)13-6-14(25(29,30)31)8-16(28)7-13/h2-9,22H,10H2,1H3,(H,32,35)(H,33,36)(H,34,37). The topological polar surface area (TPSA) is 87.3 Å². The highest BCUT2D eigenvalue weighted by Gasteiger charge is 2.35. The van der Waals surface area contributed by atoms with Gasteiger partial charge < -0.3 is 16.0 Å². The average molecular weight is 538 g/mol. The Bertz CT molecular complexity index is 1440. The van der Waals surface area contributed by atoms with Crippen LogP contribution in [0.5, 0.6) is 0 Å². The highest BCUT2D eigenvalue weighted by atomic mass is 35.5. The van der Waals surface area contributed by atoms with Crippen LogP contribution < -0.4 is 16.0 Å². The number of hydrogen-bond donors (Lipinski definition) is 3. The molecule has 0 aromatic heterocycles. The van der Waals surface area contributed by atoms with Gasteiger partial charge in [-0.3, -0.25) is 14.4 Å². The Labute approximate surface area is 211 Å². The lowest BCUT2D eigenvalue weighted by Gasteiger charge is -2.19. The van der Waals surface area contributed by atoms with Gasteiger partial charge in [0.05, 0.1) is 11.6 Å². The number of carbonyl (C=O) groups is 3. The molecule has 0 spiro atoms. The van der Waals surface area contributed by atoms with Crippen molar-refractivity contribution >= 4 is 35.0 Å². The number of anilines is 1. The molecule has 1 heterocycles. The molecule has 4 rings (SSSR count). The van der Waals surface area contributed by atoms with Gasteiger partial charge in [-0.05, 0) is 54.1 Å². The molecule has 0 saturated carbocycles. The van der Waals surface area contributed by atoms with Gasteiger partial charge in [0, 0.05) is 46.4 Å². The lowest BCUT2D eigenvalue weighted by atomic mass is 9.94. The predicted octanol–water partition coefficient (Wildman–Crippen LogP) is 5.36. The second-order valence-electron chi connectivity index (χ2n) is 8.27. The van der Waals surface area contributed by atoms with Crippen molar-refractivity contribution in [1.29, 1.82) is 0 Å². The molecule has 6 nitrogen and oxygen atoms in total. The van der Waals surface area contributed by atoms with Gasteiger partial charge in [0.25, 0.3) is 11.8 Å². The van der Waals surface area contributed by atoms with E-state index in [0.717, 1.165) is 12.1 Å². The van der Waals surface area contributed by atoms with E-state index in [9.17, 15) is 36.3 Å². The van der Waals surface area contributed by atoms with E-state index in [1.807, 2.05) is 0 Å². The van der Waals surface area contributed by atoms with E-state index in [1.165, 1.54) is 25.1 Å². The largest absolute Gasteiger partial charge is 0.416 e. The number of carbonyl (C=O) groups excluding carboxylic acids is 3. The minimum absolute atomic E-state index is 0.0238. The van der Waals surface area contributed by atoms with Crippen LogP contribution in [-0.4, -0.2) is 17.7 Å². The van der Waals surface area contributed by atoms with Crippen molar-refractivity contribution in [3.05, 3.63) is 98.6 Å². The van der Waals surface area contributed by atoms with Gasteiger partial charge >= 0.3 is 6.18 Å². The minimum atomic E-state index is -4.90. The first-order chi connectivity index (χ1) is 17.3. The Balaban J connectivity index is 1.82. The minimum Gasteiger partial charge on any atom is -0.352 e. The maximum atomic E-state index is 14.0. The lowest BCUT2D eigenvalue weighted by Crippen LogP contribution is -2.21. The van der Waals surface area contributed by atoms with Crippen LogP contribution >= 0.6 is 11.6 Å². The number of halogens is 6. The fourth-order valence-corrected chi connectivity index (χ4v) is 4.20. The Morgan fingerprint density at radius 3 is 2.43 bits per heavy atom. The van der Waals surface area contributed by atoms with Gasteiger partial charge in [0.1, 0.15) is 11.6 Å². The van der Waals surface area contributed by atoms with Gasteiger partial charge in [0.15, 0.2) is 0 Å². The van der Waals surface area contributed by atoms with Crippen molar-refractivity contribution in [3.63, 3.8) is 0 Å². The van der Waals surface area contributed by atoms with Crippen molar-refractivity contribution in [3.8, 4) is 0 Å². The molecular weight excluding hydrogens is 521 g/mol. The molecule has 0 aliphatic carbocycles. The summed E-state index contributed by atoms with van der Waals surface area (Å²) < 4.78 is 67.4. The summed E-state index contributed by atoms with van der Waals surface area (Å²) in [6.07, 6.45) is -4.90. The van der Waals surface area contributed by atoms with E-state index in [4.69, 9.17) is 11.6 Å². The molecule has 1 aliphatic rings. The number of nitrogens with one attached hydrogen (secondary N) is 3. The van der Waals surface area contributed by atoms with Gasteiger partial charge in [-0.1, -0.05) is 11.6 Å². The molecule has 12 heteroatoms. The predicted molar refractivity (Wildman–Crippen MR) is 124 cm³/mol. The van der Waals surface area contributed by atoms with Crippen molar-refractivity contribution in [2.24, 2.45) is 0 Å². The zero-order valence-corrected chi connectivity index (χ0v) is 19.7. The molecule has 192 valence electrons. The van der Waals surface area contributed by atoms with Crippen molar-refractivity contribution < 1.29 is 36.3 Å². The molecule has 3 amide bonds. The van der Waals surface area contributed by atoms with Crippen LogP contribution in [0.3, 0.4) is 0 Å². The summed E-state index contributed by atoms with van der Waals surface area (Å²) in [7, 11) is 0. The van der Waals surface area contributed by atoms with Crippen molar-refractivity contribution in [1.82, 2.24) is 10.6 Å². The van der Waals surface area contributed by atoms with E-state index >= 15 is 0 Å². The molecule has 1 atom stereocenters. The second kappa shape index (κ2) is 9.81. The first-order valence-electron chi connectivity index (χ1n) is 10.7. The van der Waals surface area contributed by atoms with Gasteiger partial charge in [-0.2, -0.15) is 13.2 Å². The third-order valence-electron chi connectivity index (χ3n) is 5.59. The maximum Gasteiger partial charge on any atom is 0.416 e. The first kappa shape index (κ1) is 26.1. The van der Waals surface area contributed by atoms with Gasteiger partial charge in [-0.25, -0.2) is 8.78 Å². The van der Waals surface area contributed by atoms with Crippen LogP contribution in [0.25, 0.3) is 0 Å². The third-order valence-corrected chi connectivity index (χ3v) is 5.94. The Kier molecular flexibility index (Phi) is 6.92. The molecule has 3 N–H and O–H groups in total. The average Bonchev–Trinajstić information content (AvgIpc) is 3.14. The van der Waals surface area contributed by atoms with Gasteiger partial charge in [-0.15, -0.1) is 0 Å². The van der Waals surface area contributed by atoms with Crippen molar-refractivity contribution in [2.75, 3.05) is 5.32 Å². The summed E-state index contributed by atoms with van der Waals surface area (Å²) in [5, 5.41) is 7.73. The molecule has 1 aliphatic heterocycles. The molecule has 1 unspecified atom stereocenters. The van der Waals surface area contributed by atoms with E-state index in [2.05, 4.69) is 16.0 Å². The maximum absolute atomic E-state index is 14.0. The molecule has 3 aromatic carbocycles. The van der Waals surface area contributed by atoms with E-state index in [1.54, 1.807) is 0 Å². The second-order valence-corrected chi connectivity index (χ2v) is 8.67. The summed E-state index contributed by atoms with van der Waals surface area (Å²) in [6, 6.07) is 6.71. The van der Waals surface area contributed by atoms with Crippen LogP contribution in [-0.2, 0) is 17.5 Å². The third kappa shape index (κ3) is 5.56.